The van der Waals surface area contributed by atoms with Gasteiger partial charge in [0.25, 0.3) is 10.0 Å². The molecule has 0 radical (unpaired) electrons. The van der Waals surface area contributed by atoms with Gasteiger partial charge in [-0.3, -0.25) is 13.9 Å². The zero-order chi connectivity index (χ0) is 34.3. The first kappa shape index (κ1) is 35.2. The minimum atomic E-state index is -4.18. The van der Waals surface area contributed by atoms with E-state index < -0.39 is 28.5 Å². The van der Waals surface area contributed by atoms with Crippen molar-refractivity contribution in [3.63, 3.8) is 0 Å². The van der Waals surface area contributed by atoms with Crippen molar-refractivity contribution in [3.05, 3.63) is 130 Å². The molecule has 1 N–H and O–H groups in total. The van der Waals surface area contributed by atoms with Crippen LogP contribution in [0.25, 0.3) is 0 Å². The second kappa shape index (κ2) is 15.8. The fourth-order valence-corrected chi connectivity index (χ4v) is 7.73. The van der Waals surface area contributed by atoms with Gasteiger partial charge in [-0.1, -0.05) is 117 Å². The van der Waals surface area contributed by atoms with E-state index in [9.17, 15) is 18.0 Å². The highest BCUT2D eigenvalue weighted by Gasteiger charge is 2.36. The molecule has 252 valence electrons. The third-order valence-corrected chi connectivity index (χ3v) is 11.2. The lowest BCUT2D eigenvalue weighted by atomic mass is 10.0. The molecule has 0 aliphatic heterocycles. The average Bonchev–Trinajstić information content (AvgIpc) is 3.59. The lowest BCUT2D eigenvalue weighted by Gasteiger charge is -2.34. The summed E-state index contributed by atoms with van der Waals surface area (Å²) in [6.45, 7) is 5.53. The predicted octanol–water partition coefficient (Wildman–Crippen LogP) is 7.67. The lowest BCUT2D eigenvalue weighted by Crippen LogP contribution is -2.54. The average molecular weight is 686 g/mol. The van der Waals surface area contributed by atoms with Gasteiger partial charge in [-0.15, -0.1) is 0 Å². The van der Waals surface area contributed by atoms with Crippen LogP contribution in [0.4, 0.5) is 5.69 Å². The number of nitrogens with zero attached hydrogens (tertiary/aromatic N) is 2. The molecule has 0 aromatic heterocycles. The predicted molar refractivity (Wildman–Crippen MR) is 193 cm³/mol. The van der Waals surface area contributed by atoms with Crippen molar-refractivity contribution in [1.82, 2.24) is 10.2 Å². The molecule has 4 aromatic rings. The molecular formula is C39H44ClN3O4S. The Labute approximate surface area is 290 Å². The van der Waals surface area contributed by atoms with Gasteiger partial charge < -0.3 is 10.2 Å². The Morgan fingerprint density at radius 1 is 0.854 bits per heavy atom. The lowest BCUT2D eigenvalue weighted by molar-refractivity contribution is -0.140. The van der Waals surface area contributed by atoms with Crippen molar-refractivity contribution in [2.45, 2.75) is 82.3 Å². The van der Waals surface area contributed by atoms with Crippen LogP contribution in [0, 0.1) is 6.92 Å². The Kier molecular flexibility index (Phi) is 11.6. The Morgan fingerprint density at radius 2 is 1.48 bits per heavy atom. The van der Waals surface area contributed by atoms with Gasteiger partial charge in [0.1, 0.15) is 12.6 Å². The van der Waals surface area contributed by atoms with Gasteiger partial charge in [0.2, 0.25) is 11.8 Å². The van der Waals surface area contributed by atoms with Gasteiger partial charge in [0.05, 0.1) is 10.6 Å². The van der Waals surface area contributed by atoms with Gasteiger partial charge in [-0.25, -0.2) is 8.42 Å². The Balaban J connectivity index is 1.58. The second-order valence-corrected chi connectivity index (χ2v) is 15.1. The summed E-state index contributed by atoms with van der Waals surface area (Å²) in [5.74, 6) is -0.535. The summed E-state index contributed by atoms with van der Waals surface area (Å²) < 4.78 is 29.8. The zero-order valence-electron chi connectivity index (χ0n) is 27.8. The number of amides is 2. The number of benzene rings is 4. The molecule has 0 spiro atoms. The highest BCUT2D eigenvalue weighted by molar-refractivity contribution is 7.92. The van der Waals surface area contributed by atoms with E-state index in [0.29, 0.717) is 16.3 Å². The number of sulfonamides is 1. The van der Waals surface area contributed by atoms with Crippen LogP contribution in [-0.4, -0.2) is 43.8 Å². The summed E-state index contributed by atoms with van der Waals surface area (Å²) in [5, 5.41) is 3.66. The number of hydrogen-bond acceptors (Lipinski definition) is 4. The third kappa shape index (κ3) is 8.65. The number of carbonyl (C=O) groups is 2. The fraction of sp³-hybridized carbons (Fsp3) is 0.333. The molecule has 1 atom stereocenters. The van der Waals surface area contributed by atoms with E-state index in [1.807, 2.05) is 67.6 Å². The van der Waals surface area contributed by atoms with Gasteiger partial charge >= 0.3 is 0 Å². The number of rotatable bonds is 13. The van der Waals surface area contributed by atoms with E-state index in [4.69, 9.17) is 11.6 Å². The topological polar surface area (TPSA) is 86.8 Å². The Hall–Kier alpha value is -4.14. The molecule has 1 aliphatic carbocycles. The second-order valence-electron chi connectivity index (χ2n) is 12.9. The molecule has 1 saturated carbocycles. The van der Waals surface area contributed by atoms with Crippen molar-refractivity contribution < 1.29 is 18.0 Å². The molecule has 7 nitrogen and oxygen atoms in total. The normalized spacial score (nSPS) is 14.1. The summed E-state index contributed by atoms with van der Waals surface area (Å²) >= 11 is 6.62. The number of hydrogen-bond donors (Lipinski definition) is 1. The maximum Gasteiger partial charge on any atom is 0.264 e. The molecule has 1 unspecified atom stereocenters. The molecule has 0 heterocycles. The van der Waals surface area contributed by atoms with Crippen LogP contribution in [0.3, 0.4) is 0 Å². The van der Waals surface area contributed by atoms with Gasteiger partial charge in [-0.2, -0.15) is 0 Å². The number of nitrogens with one attached hydrogen (secondary N) is 1. The molecule has 5 rings (SSSR count). The van der Waals surface area contributed by atoms with Crippen LogP contribution in [0.5, 0.6) is 0 Å². The zero-order valence-corrected chi connectivity index (χ0v) is 29.4. The first-order valence-corrected chi connectivity index (χ1v) is 18.4. The van der Waals surface area contributed by atoms with E-state index in [-0.39, 0.29) is 35.7 Å². The first-order chi connectivity index (χ1) is 23.0. The third-order valence-electron chi connectivity index (χ3n) is 9.01. The summed E-state index contributed by atoms with van der Waals surface area (Å²) in [5.41, 5.74) is 3.87. The van der Waals surface area contributed by atoms with Crippen LogP contribution < -0.4 is 9.62 Å². The molecule has 9 heteroatoms. The molecule has 1 fully saturated rings. The quantitative estimate of drug-likeness (QED) is 0.157. The SMILES string of the molecule is Cc1ccc(S(=O)(=O)N(CC(=O)N(Cc2ccccc2Cl)C(Cc2ccccc2)C(=O)NC2CCCC2)c2ccc(C(C)C)cc2)cc1. The summed E-state index contributed by atoms with van der Waals surface area (Å²) in [6, 6.07) is 29.7. The minimum absolute atomic E-state index is 0.0266. The van der Waals surface area contributed by atoms with Gasteiger partial charge in [0.15, 0.2) is 0 Å². The first-order valence-electron chi connectivity index (χ1n) is 16.6. The largest absolute Gasteiger partial charge is 0.352 e. The number of carbonyl (C=O) groups excluding carboxylic acids is 2. The van der Waals surface area contributed by atoms with Crippen molar-refractivity contribution >= 4 is 39.1 Å². The highest BCUT2D eigenvalue weighted by atomic mass is 35.5. The Morgan fingerprint density at radius 3 is 2.10 bits per heavy atom. The molecule has 48 heavy (non-hydrogen) atoms. The van der Waals surface area contributed by atoms with Gasteiger partial charge in [0, 0.05) is 24.0 Å². The Bertz CT molecular complexity index is 1790. The molecular weight excluding hydrogens is 642 g/mol. The van der Waals surface area contributed by atoms with Gasteiger partial charge in [-0.05, 0) is 72.7 Å². The van der Waals surface area contributed by atoms with Crippen molar-refractivity contribution in [1.29, 1.82) is 0 Å². The molecule has 2 amide bonds. The van der Waals surface area contributed by atoms with Crippen LogP contribution in [0.1, 0.15) is 67.7 Å². The van der Waals surface area contributed by atoms with E-state index in [1.165, 1.54) is 4.90 Å². The monoisotopic (exact) mass is 685 g/mol. The van der Waals surface area contributed by atoms with Crippen molar-refractivity contribution in [2.75, 3.05) is 10.8 Å². The number of aryl methyl sites for hydroxylation is 1. The molecule has 4 aromatic carbocycles. The van der Waals surface area contributed by atoms with E-state index in [2.05, 4.69) is 19.2 Å². The van der Waals surface area contributed by atoms with E-state index in [1.54, 1.807) is 42.5 Å². The smallest absolute Gasteiger partial charge is 0.264 e. The highest BCUT2D eigenvalue weighted by Crippen LogP contribution is 2.28. The molecule has 1 aliphatic rings. The van der Waals surface area contributed by atoms with E-state index >= 15 is 0 Å². The van der Waals surface area contributed by atoms with Crippen LogP contribution >= 0.6 is 11.6 Å². The summed E-state index contributed by atoms with van der Waals surface area (Å²) in [4.78, 5) is 30.5. The summed E-state index contributed by atoms with van der Waals surface area (Å²) in [6.07, 6.45) is 4.10. The standard InChI is InChI=1S/C39H44ClN3O4S/c1-28(2)31-19-21-34(22-20-31)43(48(46,47)35-23-17-29(3)18-24-35)27-38(44)42(26-32-13-7-10-16-36(32)40)37(25-30-11-5-4-6-12-30)39(45)41-33-14-8-9-15-33/h4-7,10-13,16-24,28,33,37H,8-9,14-15,25-27H2,1-3H3,(H,41,45). The minimum Gasteiger partial charge on any atom is -0.352 e. The fourth-order valence-electron chi connectivity index (χ4n) is 6.12. The molecule has 0 saturated heterocycles. The van der Waals surface area contributed by atoms with E-state index in [0.717, 1.165) is 46.7 Å². The summed E-state index contributed by atoms with van der Waals surface area (Å²) in [7, 11) is -4.18. The van der Waals surface area contributed by atoms with Crippen LogP contribution in [0.2, 0.25) is 5.02 Å². The maximum absolute atomic E-state index is 14.7. The number of halogens is 1. The maximum atomic E-state index is 14.7. The number of anilines is 1. The van der Waals surface area contributed by atoms with Crippen molar-refractivity contribution in [3.8, 4) is 0 Å². The van der Waals surface area contributed by atoms with Crippen LogP contribution in [0.15, 0.2) is 108 Å². The molecule has 0 bridgehead atoms. The van der Waals surface area contributed by atoms with Crippen LogP contribution in [-0.2, 0) is 32.6 Å². The van der Waals surface area contributed by atoms with Crippen molar-refractivity contribution in [2.24, 2.45) is 0 Å².